The van der Waals surface area contributed by atoms with E-state index in [9.17, 15) is 13.2 Å². The second kappa shape index (κ2) is 10.9. The monoisotopic (exact) mass is 466 g/mol. The molecule has 0 spiro atoms. The van der Waals surface area contributed by atoms with Crippen molar-refractivity contribution < 1.29 is 13.2 Å². The first-order valence-corrected chi connectivity index (χ1v) is 11.1. The number of nitrogens with zero attached hydrogens (tertiary/aromatic N) is 2. The Hall–Kier alpha value is -0.900. The first kappa shape index (κ1) is 26.1. The summed E-state index contributed by atoms with van der Waals surface area (Å²) in [5, 5.41) is 3.12. The lowest BCUT2D eigenvalue weighted by molar-refractivity contribution is -0.124. The van der Waals surface area contributed by atoms with Gasteiger partial charge in [0.1, 0.15) is 0 Å². The lowest BCUT2D eigenvalue weighted by Crippen LogP contribution is -2.56. The Morgan fingerprint density at radius 2 is 1.62 bits per heavy atom. The van der Waals surface area contributed by atoms with Crippen molar-refractivity contribution in [2.75, 3.05) is 39.3 Å². The predicted molar refractivity (Wildman–Crippen MR) is 119 cm³/mol. The molecule has 1 aliphatic heterocycles. The first-order valence-electron chi connectivity index (χ1n) is 9.65. The minimum absolute atomic E-state index is 0. The van der Waals surface area contributed by atoms with Crippen molar-refractivity contribution >= 4 is 40.7 Å². The molecule has 0 atom stereocenters. The van der Waals surface area contributed by atoms with Crippen molar-refractivity contribution in [1.29, 1.82) is 0 Å². The van der Waals surface area contributed by atoms with E-state index in [0.717, 1.165) is 31.2 Å². The van der Waals surface area contributed by atoms with Crippen LogP contribution in [0.2, 0.25) is 0 Å². The minimum Gasteiger partial charge on any atom is -0.348 e. The Morgan fingerprint density at radius 1 is 1.07 bits per heavy atom. The van der Waals surface area contributed by atoms with Crippen molar-refractivity contribution in [3.63, 3.8) is 0 Å². The molecule has 166 valence electrons. The van der Waals surface area contributed by atoms with E-state index in [1.54, 1.807) is 12.1 Å². The van der Waals surface area contributed by atoms with Gasteiger partial charge in [0.15, 0.2) is 0 Å². The molecule has 1 amide bonds. The molecule has 0 aromatic heterocycles. The zero-order valence-electron chi connectivity index (χ0n) is 16.8. The van der Waals surface area contributed by atoms with Crippen LogP contribution in [-0.4, -0.2) is 68.3 Å². The molecule has 3 rings (SSSR count). The number of halogens is 2. The molecule has 0 bridgehead atoms. The molecule has 2 aliphatic rings. The highest BCUT2D eigenvalue weighted by molar-refractivity contribution is 7.89. The molecule has 1 saturated heterocycles. The van der Waals surface area contributed by atoms with Gasteiger partial charge in [-0.15, -0.1) is 24.8 Å². The van der Waals surface area contributed by atoms with Crippen LogP contribution in [0.1, 0.15) is 31.2 Å². The highest BCUT2D eigenvalue weighted by Crippen LogP contribution is 2.28. The maximum absolute atomic E-state index is 12.8. The number of aryl methyl sites for hydroxylation is 1. The summed E-state index contributed by atoms with van der Waals surface area (Å²) in [5.74, 6) is -0.0165. The summed E-state index contributed by atoms with van der Waals surface area (Å²) >= 11 is 0. The van der Waals surface area contributed by atoms with E-state index in [1.165, 1.54) is 4.31 Å². The van der Waals surface area contributed by atoms with Gasteiger partial charge in [-0.25, -0.2) is 8.42 Å². The molecule has 1 aliphatic carbocycles. The van der Waals surface area contributed by atoms with Gasteiger partial charge in [-0.1, -0.05) is 30.5 Å². The lowest BCUT2D eigenvalue weighted by Gasteiger charge is -2.35. The fourth-order valence-electron chi connectivity index (χ4n) is 3.96. The fraction of sp³-hybridized carbons (Fsp3) is 0.632. The molecule has 2 fully saturated rings. The van der Waals surface area contributed by atoms with Crippen LogP contribution in [0.5, 0.6) is 0 Å². The smallest absolute Gasteiger partial charge is 0.243 e. The molecule has 29 heavy (non-hydrogen) atoms. The van der Waals surface area contributed by atoms with Crippen LogP contribution in [0.15, 0.2) is 29.2 Å². The molecule has 0 radical (unpaired) electrons. The Kier molecular flexibility index (Phi) is 9.85. The number of hydrogen-bond acceptors (Lipinski definition) is 5. The third-order valence-corrected chi connectivity index (χ3v) is 7.63. The maximum Gasteiger partial charge on any atom is 0.243 e. The predicted octanol–water partition coefficient (Wildman–Crippen LogP) is 1.53. The number of hydrogen-bond donors (Lipinski definition) is 2. The van der Waals surface area contributed by atoms with Crippen LogP contribution in [0.4, 0.5) is 0 Å². The van der Waals surface area contributed by atoms with E-state index < -0.39 is 10.0 Å². The molecule has 7 nitrogen and oxygen atoms in total. The number of carbonyl (C=O) groups excluding carboxylic acids is 1. The molecule has 3 N–H and O–H groups in total. The SMILES string of the molecule is Cc1ccc(S(=O)(=O)N2CCN(CC(=O)NC3(CN)CCCC3)CC2)cc1.Cl.Cl. The van der Waals surface area contributed by atoms with Gasteiger partial charge in [-0.2, -0.15) is 4.31 Å². The second-order valence-electron chi connectivity index (χ2n) is 7.73. The fourth-order valence-corrected chi connectivity index (χ4v) is 5.38. The first-order chi connectivity index (χ1) is 12.8. The molecule has 1 aromatic carbocycles. The van der Waals surface area contributed by atoms with Gasteiger partial charge in [-0.3, -0.25) is 9.69 Å². The molecule has 10 heteroatoms. The average molecular weight is 467 g/mol. The van der Waals surface area contributed by atoms with Crippen LogP contribution in [-0.2, 0) is 14.8 Å². The standard InChI is InChI=1S/C19H30N4O3S.2ClH/c1-16-4-6-17(7-5-16)27(25,26)23-12-10-22(11-13-23)14-18(24)21-19(15-20)8-2-3-9-19;;/h4-7H,2-3,8-15,20H2,1H3,(H,21,24);2*1H. The maximum atomic E-state index is 12.8. The molecular formula is C19H32Cl2N4O3S. The van der Waals surface area contributed by atoms with E-state index in [2.05, 4.69) is 5.32 Å². The van der Waals surface area contributed by atoms with Crippen molar-refractivity contribution in [1.82, 2.24) is 14.5 Å². The van der Waals surface area contributed by atoms with Gasteiger partial charge in [-0.05, 0) is 31.9 Å². The number of benzene rings is 1. The van der Waals surface area contributed by atoms with E-state index in [1.807, 2.05) is 24.0 Å². The zero-order valence-corrected chi connectivity index (χ0v) is 19.3. The summed E-state index contributed by atoms with van der Waals surface area (Å²) in [6.07, 6.45) is 4.09. The van der Waals surface area contributed by atoms with E-state index in [-0.39, 0.29) is 36.3 Å². The van der Waals surface area contributed by atoms with E-state index in [0.29, 0.717) is 44.2 Å². The topological polar surface area (TPSA) is 95.7 Å². The van der Waals surface area contributed by atoms with E-state index >= 15 is 0 Å². The van der Waals surface area contributed by atoms with Crippen molar-refractivity contribution in [3.8, 4) is 0 Å². The Labute approximate surface area is 186 Å². The molecule has 1 heterocycles. The summed E-state index contributed by atoms with van der Waals surface area (Å²) in [6, 6.07) is 6.92. The number of amides is 1. The second-order valence-corrected chi connectivity index (χ2v) is 9.67. The van der Waals surface area contributed by atoms with Gasteiger partial charge in [0.25, 0.3) is 0 Å². The third kappa shape index (κ3) is 6.29. The van der Waals surface area contributed by atoms with Crippen LogP contribution in [0, 0.1) is 6.92 Å². The summed E-state index contributed by atoms with van der Waals surface area (Å²) < 4.78 is 27.0. The van der Waals surface area contributed by atoms with E-state index in [4.69, 9.17) is 5.73 Å². The Bertz CT molecular complexity index is 760. The quantitative estimate of drug-likeness (QED) is 0.662. The van der Waals surface area contributed by atoms with Gasteiger partial charge < -0.3 is 11.1 Å². The number of nitrogens with two attached hydrogens (primary N) is 1. The van der Waals surface area contributed by atoms with Crippen LogP contribution in [0.25, 0.3) is 0 Å². The zero-order chi connectivity index (χ0) is 19.5. The summed E-state index contributed by atoms with van der Waals surface area (Å²) in [7, 11) is -3.47. The number of nitrogens with one attached hydrogen (secondary N) is 1. The number of carbonyl (C=O) groups is 1. The summed E-state index contributed by atoms with van der Waals surface area (Å²) in [4.78, 5) is 14.8. The average Bonchev–Trinajstić information content (AvgIpc) is 3.11. The van der Waals surface area contributed by atoms with Crippen molar-refractivity contribution in [3.05, 3.63) is 29.8 Å². The van der Waals surface area contributed by atoms with Crippen LogP contribution < -0.4 is 11.1 Å². The molecule has 0 unspecified atom stereocenters. The van der Waals surface area contributed by atoms with Crippen molar-refractivity contribution in [2.45, 2.75) is 43.0 Å². The van der Waals surface area contributed by atoms with Gasteiger partial charge in [0.2, 0.25) is 15.9 Å². The number of piperazine rings is 1. The van der Waals surface area contributed by atoms with Gasteiger partial charge in [0, 0.05) is 32.7 Å². The number of sulfonamides is 1. The highest BCUT2D eigenvalue weighted by Gasteiger charge is 2.35. The minimum atomic E-state index is -3.47. The third-order valence-electron chi connectivity index (χ3n) is 5.71. The summed E-state index contributed by atoms with van der Waals surface area (Å²) in [6.45, 7) is 4.58. The lowest BCUT2D eigenvalue weighted by atomic mass is 9.98. The largest absolute Gasteiger partial charge is 0.348 e. The molecular weight excluding hydrogens is 435 g/mol. The highest BCUT2D eigenvalue weighted by atomic mass is 35.5. The number of rotatable bonds is 6. The summed E-state index contributed by atoms with van der Waals surface area (Å²) in [5.41, 5.74) is 6.67. The Balaban J connectivity index is 0.00000210. The van der Waals surface area contributed by atoms with Gasteiger partial charge >= 0.3 is 0 Å². The van der Waals surface area contributed by atoms with Crippen LogP contribution in [0.3, 0.4) is 0 Å². The van der Waals surface area contributed by atoms with Crippen molar-refractivity contribution in [2.24, 2.45) is 5.73 Å². The van der Waals surface area contributed by atoms with Gasteiger partial charge in [0.05, 0.1) is 17.0 Å². The molecule has 1 saturated carbocycles. The Morgan fingerprint density at radius 3 is 2.14 bits per heavy atom. The normalized spacial score (nSPS) is 19.8. The molecule has 1 aromatic rings. The van der Waals surface area contributed by atoms with Crippen LogP contribution >= 0.6 is 24.8 Å².